The molecule has 1 aromatic rings. The second-order valence-electron chi connectivity index (χ2n) is 5.74. The fraction of sp³-hybridized carbons (Fsp3) is 0.769. The summed E-state index contributed by atoms with van der Waals surface area (Å²) < 4.78 is 5.01. The van der Waals surface area contributed by atoms with Crippen LogP contribution in [0.1, 0.15) is 37.4 Å². The number of rotatable bonds is 4. The van der Waals surface area contributed by atoms with Crippen molar-refractivity contribution in [1.29, 1.82) is 0 Å². The molecule has 2 heterocycles. The quantitative estimate of drug-likeness (QED) is 0.866. The van der Waals surface area contributed by atoms with E-state index in [1.807, 2.05) is 0 Å². The number of β-amino-alcohol motifs (C(OH)–C–C–N with tert-alkyl or cyclic N) is 1. The highest BCUT2D eigenvalue weighted by atomic mass is 16.5. The van der Waals surface area contributed by atoms with E-state index in [0.29, 0.717) is 37.5 Å². The molecule has 19 heavy (non-hydrogen) atoms. The molecule has 104 valence electrons. The Labute approximate surface area is 111 Å². The summed E-state index contributed by atoms with van der Waals surface area (Å²) in [6.07, 6.45) is 3.60. The highest BCUT2D eigenvalue weighted by Crippen LogP contribution is 2.52. The van der Waals surface area contributed by atoms with Gasteiger partial charge in [-0.05, 0) is 26.2 Å². The number of nitrogens with zero attached hydrogens (tertiary/aromatic N) is 3. The summed E-state index contributed by atoms with van der Waals surface area (Å²) in [5.41, 5.74) is 0.0409. The van der Waals surface area contributed by atoms with E-state index in [2.05, 4.69) is 10.1 Å². The number of hydrogen-bond donors (Lipinski definition) is 1. The van der Waals surface area contributed by atoms with Crippen LogP contribution in [0.5, 0.6) is 0 Å². The molecule has 1 atom stereocenters. The first-order chi connectivity index (χ1) is 9.09. The van der Waals surface area contributed by atoms with E-state index in [1.165, 1.54) is 0 Å². The van der Waals surface area contributed by atoms with Gasteiger partial charge in [0.2, 0.25) is 11.8 Å². The molecule has 0 bridgehead atoms. The van der Waals surface area contributed by atoms with Gasteiger partial charge in [-0.25, -0.2) is 0 Å². The van der Waals surface area contributed by atoms with Gasteiger partial charge in [0.1, 0.15) is 0 Å². The molecular formula is C13H19N3O3. The third kappa shape index (κ3) is 2.49. The van der Waals surface area contributed by atoms with Gasteiger partial charge in [-0.2, -0.15) is 4.98 Å². The van der Waals surface area contributed by atoms with Gasteiger partial charge in [-0.3, -0.25) is 4.79 Å². The predicted octanol–water partition coefficient (Wildman–Crippen LogP) is 0.684. The fourth-order valence-corrected chi connectivity index (χ4v) is 2.78. The van der Waals surface area contributed by atoms with Gasteiger partial charge in [0.05, 0.1) is 6.10 Å². The zero-order valence-electron chi connectivity index (χ0n) is 11.1. The van der Waals surface area contributed by atoms with E-state index in [9.17, 15) is 9.90 Å². The highest BCUT2D eigenvalue weighted by Gasteiger charge is 2.55. The fourth-order valence-electron chi connectivity index (χ4n) is 2.78. The number of hydrogen-bond acceptors (Lipinski definition) is 5. The Balaban J connectivity index is 1.44. The SMILES string of the molecule is Cc1noc(CCCC(=O)N2CC(O)C3(CC3)C2)n1. The minimum Gasteiger partial charge on any atom is -0.391 e. The largest absolute Gasteiger partial charge is 0.391 e. The maximum absolute atomic E-state index is 12.1. The lowest BCUT2D eigenvalue weighted by Gasteiger charge is -2.15. The van der Waals surface area contributed by atoms with Gasteiger partial charge < -0.3 is 14.5 Å². The van der Waals surface area contributed by atoms with Crippen molar-refractivity contribution in [3.8, 4) is 0 Å². The topological polar surface area (TPSA) is 79.5 Å². The monoisotopic (exact) mass is 265 g/mol. The Hall–Kier alpha value is -1.43. The smallest absolute Gasteiger partial charge is 0.226 e. The Morgan fingerprint density at radius 2 is 2.37 bits per heavy atom. The van der Waals surface area contributed by atoms with Crippen molar-refractivity contribution in [2.45, 2.75) is 45.1 Å². The van der Waals surface area contributed by atoms with Crippen LogP contribution in [0.3, 0.4) is 0 Å². The first-order valence-corrected chi connectivity index (χ1v) is 6.84. The minimum absolute atomic E-state index is 0.0409. The summed E-state index contributed by atoms with van der Waals surface area (Å²) in [5.74, 6) is 1.34. The maximum atomic E-state index is 12.1. The zero-order chi connectivity index (χ0) is 13.5. The van der Waals surface area contributed by atoms with E-state index in [-0.39, 0.29) is 17.4 Å². The van der Waals surface area contributed by atoms with Crippen LogP contribution in [0, 0.1) is 12.3 Å². The van der Waals surface area contributed by atoms with Gasteiger partial charge in [0, 0.05) is 31.3 Å². The van der Waals surface area contributed by atoms with Gasteiger partial charge >= 0.3 is 0 Å². The molecular weight excluding hydrogens is 246 g/mol. The summed E-state index contributed by atoms with van der Waals surface area (Å²) in [6, 6.07) is 0. The average molecular weight is 265 g/mol. The minimum atomic E-state index is -0.324. The normalized spacial score (nSPS) is 24.1. The molecule has 1 saturated carbocycles. The number of aromatic nitrogens is 2. The van der Waals surface area contributed by atoms with E-state index in [0.717, 1.165) is 19.4 Å². The summed E-state index contributed by atoms with van der Waals surface area (Å²) in [4.78, 5) is 18.0. The third-order valence-electron chi connectivity index (χ3n) is 4.20. The molecule has 0 radical (unpaired) electrons. The number of aryl methyl sites for hydroxylation is 2. The molecule has 1 saturated heterocycles. The van der Waals surface area contributed by atoms with Crippen molar-refractivity contribution < 1.29 is 14.4 Å². The van der Waals surface area contributed by atoms with Crippen LogP contribution in [0.15, 0.2) is 4.52 Å². The Bertz CT molecular complexity index is 481. The highest BCUT2D eigenvalue weighted by molar-refractivity contribution is 5.76. The molecule has 1 aliphatic heterocycles. The summed E-state index contributed by atoms with van der Waals surface area (Å²) in [5, 5.41) is 13.6. The number of carbonyl (C=O) groups is 1. The molecule has 0 aromatic carbocycles. The molecule has 1 aliphatic carbocycles. The Kier molecular flexibility index (Phi) is 3.05. The number of aliphatic hydroxyl groups excluding tert-OH is 1. The molecule has 1 amide bonds. The van der Waals surface area contributed by atoms with Crippen molar-refractivity contribution in [2.75, 3.05) is 13.1 Å². The van der Waals surface area contributed by atoms with Gasteiger partial charge in [0.25, 0.3) is 0 Å². The molecule has 1 aromatic heterocycles. The Morgan fingerprint density at radius 1 is 1.58 bits per heavy atom. The molecule has 1 spiro atoms. The molecule has 6 nitrogen and oxygen atoms in total. The predicted molar refractivity (Wildman–Crippen MR) is 66.2 cm³/mol. The molecule has 1 unspecified atom stereocenters. The van der Waals surface area contributed by atoms with E-state index in [1.54, 1.807) is 11.8 Å². The van der Waals surface area contributed by atoms with Crippen LogP contribution >= 0.6 is 0 Å². The van der Waals surface area contributed by atoms with Crippen molar-refractivity contribution in [2.24, 2.45) is 5.41 Å². The standard InChI is InChI=1S/C13H19N3O3/c1-9-14-11(19-15-9)3-2-4-12(18)16-7-10(17)13(8-16)5-6-13/h10,17H,2-8H2,1H3. The summed E-state index contributed by atoms with van der Waals surface area (Å²) in [6.45, 7) is 3.00. The lowest BCUT2D eigenvalue weighted by molar-refractivity contribution is -0.130. The number of likely N-dealkylation sites (tertiary alicyclic amines) is 1. The van der Waals surface area contributed by atoms with E-state index >= 15 is 0 Å². The second-order valence-corrected chi connectivity index (χ2v) is 5.74. The van der Waals surface area contributed by atoms with Crippen LogP contribution in [0.2, 0.25) is 0 Å². The van der Waals surface area contributed by atoms with Gasteiger partial charge in [-0.15, -0.1) is 0 Å². The van der Waals surface area contributed by atoms with Crippen molar-refractivity contribution in [3.63, 3.8) is 0 Å². The average Bonchev–Trinajstić information content (AvgIpc) is 2.92. The number of aliphatic hydroxyl groups is 1. The summed E-state index contributed by atoms with van der Waals surface area (Å²) in [7, 11) is 0. The van der Waals surface area contributed by atoms with Crippen LogP contribution < -0.4 is 0 Å². The molecule has 2 aliphatic rings. The lowest BCUT2D eigenvalue weighted by atomic mass is 10.0. The van der Waals surface area contributed by atoms with Crippen LogP contribution in [-0.4, -0.2) is 45.2 Å². The second kappa shape index (κ2) is 4.59. The van der Waals surface area contributed by atoms with Crippen molar-refractivity contribution in [3.05, 3.63) is 11.7 Å². The van der Waals surface area contributed by atoms with Crippen LogP contribution in [0.4, 0.5) is 0 Å². The molecule has 6 heteroatoms. The third-order valence-corrected chi connectivity index (χ3v) is 4.20. The van der Waals surface area contributed by atoms with E-state index in [4.69, 9.17) is 4.52 Å². The first-order valence-electron chi connectivity index (χ1n) is 6.84. The van der Waals surface area contributed by atoms with Crippen LogP contribution in [-0.2, 0) is 11.2 Å². The summed E-state index contributed by atoms with van der Waals surface area (Å²) >= 11 is 0. The van der Waals surface area contributed by atoms with Gasteiger partial charge in [0.15, 0.2) is 5.82 Å². The van der Waals surface area contributed by atoms with Crippen molar-refractivity contribution >= 4 is 5.91 Å². The maximum Gasteiger partial charge on any atom is 0.226 e. The molecule has 1 N–H and O–H groups in total. The molecule has 3 rings (SSSR count). The lowest BCUT2D eigenvalue weighted by Crippen LogP contribution is -2.29. The number of carbonyl (C=O) groups excluding carboxylic acids is 1. The van der Waals surface area contributed by atoms with Gasteiger partial charge in [-0.1, -0.05) is 5.16 Å². The van der Waals surface area contributed by atoms with Crippen LogP contribution in [0.25, 0.3) is 0 Å². The van der Waals surface area contributed by atoms with E-state index < -0.39 is 0 Å². The van der Waals surface area contributed by atoms with Crippen molar-refractivity contribution in [1.82, 2.24) is 15.0 Å². The molecule has 2 fully saturated rings. The zero-order valence-corrected chi connectivity index (χ0v) is 11.1. The first kappa shape index (κ1) is 12.6. The Morgan fingerprint density at radius 3 is 2.95 bits per heavy atom. The number of amides is 1.